The van der Waals surface area contributed by atoms with Crippen molar-refractivity contribution in [1.82, 2.24) is 30.0 Å². The summed E-state index contributed by atoms with van der Waals surface area (Å²) >= 11 is 2.83. The van der Waals surface area contributed by atoms with E-state index in [0.717, 1.165) is 26.3 Å². The lowest BCUT2D eigenvalue weighted by Crippen LogP contribution is -2.40. The van der Waals surface area contributed by atoms with E-state index in [2.05, 4.69) is 45.2 Å². The first-order valence-electron chi connectivity index (χ1n) is 25.2. The molecule has 420 valence electrons. The number of piperidine rings is 2. The molecule has 4 aromatic carbocycles. The van der Waals surface area contributed by atoms with E-state index in [4.69, 9.17) is 15.2 Å². The molecule has 0 spiro atoms. The minimum absolute atomic E-state index is 0. The van der Waals surface area contributed by atoms with Crippen LogP contribution in [0.2, 0.25) is 0 Å². The number of anilines is 4. The van der Waals surface area contributed by atoms with E-state index in [1.165, 1.54) is 41.7 Å². The summed E-state index contributed by atoms with van der Waals surface area (Å²) in [7, 11) is -7.70. The predicted molar refractivity (Wildman–Crippen MR) is 311 cm³/mol. The molecule has 0 aliphatic carbocycles. The largest absolute Gasteiger partial charge is 0.446 e. The average Bonchev–Trinajstić information content (AvgIpc) is 4.10. The SMILES string of the molecule is C.CC(=O)Nc1ccc(-c2cnc(N3CCC(OC(=O)NCc4ccccc4)CC3)s2)c(S(=O)(=O)NC(C)(C)C)c1.CC(C)(C)NS(=O)(=O)c1cc(N)ccc1-c1cnc(N2CCC(OC(=O)NCc3ccccc3)CC2)s1. The van der Waals surface area contributed by atoms with Crippen molar-refractivity contribution in [3.05, 3.63) is 121 Å². The number of aromatic nitrogens is 2. The van der Waals surface area contributed by atoms with E-state index >= 15 is 0 Å². The number of hydrogen-bond donors (Lipinski definition) is 6. The summed E-state index contributed by atoms with van der Waals surface area (Å²) in [6.45, 7) is 15.6. The van der Waals surface area contributed by atoms with Crippen LogP contribution in [0.4, 0.5) is 31.2 Å². The van der Waals surface area contributed by atoms with Gasteiger partial charge < -0.3 is 41.0 Å². The highest BCUT2D eigenvalue weighted by Crippen LogP contribution is 2.39. The van der Waals surface area contributed by atoms with Gasteiger partial charge in [0.05, 0.1) is 19.5 Å². The number of carbonyl (C=O) groups excluding carboxylic acids is 3. The normalized spacial score (nSPS) is 14.6. The zero-order valence-corrected chi connectivity index (χ0v) is 47.6. The Kier molecular flexibility index (Phi) is 20.5. The molecule has 2 fully saturated rings. The van der Waals surface area contributed by atoms with Crippen molar-refractivity contribution in [1.29, 1.82) is 0 Å². The Morgan fingerprint density at radius 1 is 0.615 bits per heavy atom. The van der Waals surface area contributed by atoms with Crippen molar-refractivity contribution in [2.75, 3.05) is 47.0 Å². The Morgan fingerprint density at radius 2 is 1.01 bits per heavy atom. The maximum absolute atomic E-state index is 13.3. The van der Waals surface area contributed by atoms with Crippen molar-refractivity contribution >= 4 is 82.5 Å². The van der Waals surface area contributed by atoms with Gasteiger partial charge in [0, 0.05) is 118 Å². The van der Waals surface area contributed by atoms with Crippen LogP contribution in [-0.2, 0) is 47.4 Å². The number of nitrogens with two attached hydrogens (primary N) is 1. The summed E-state index contributed by atoms with van der Waals surface area (Å²) in [5, 5.41) is 9.81. The predicted octanol–water partition coefficient (Wildman–Crippen LogP) is 9.74. The second-order valence-corrected chi connectivity index (χ2v) is 26.1. The summed E-state index contributed by atoms with van der Waals surface area (Å²) < 4.78 is 69.5. The van der Waals surface area contributed by atoms with E-state index in [0.29, 0.717) is 92.3 Å². The molecule has 3 amide bonds. The van der Waals surface area contributed by atoms with Crippen molar-refractivity contribution < 1.29 is 40.7 Å². The molecule has 2 aliphatic rings. The number of rotatable bonds is 15. The van der Waals surface area contributed by atoms with Gasteiger partial charge in [0.2, 0.25) is 26.0 Å². The van der Waals surface area contributed by atoms with Gasteiger partial charge in [-0.3, -0.25) is 4.79 Å². The molecular weight excluding hydrogens is 1070 g/mol. The number of hydrogen-bond acceptors (Lipinski definition) is 16. The van der Waals surface area contributed by atoms with Crippen LogP contribution in [0.25, 0.3) is 20.9 Å². The number of amides is 3. The minimum atomic E-state index is -3.90. The van der Waals surface area contributed by atoms with E-state index < -0.39 is 43.3 Å². The number of nitrogens with zero attached hydrogens (tertiary/aromatic N) is 4. The molecule has 2 aromatic heterocycles. The molecule has 2 saturated heterocycles. The molecule has 78 heavy (non-hydrogen) atoms. The maximum Gasteiger partial charge on any atom is 0.407 e. The Hall–Kier alpha value is -6.63. The fourth-order valence-corrected chi connectivity index (χ4v) is 13.9. The fourth-order valence-electron chi connectivity index (χ4n) is 8.44. The molecule has 0 unspecified atom stereocenters. The Labute approximate surface area is 466 Å². The van der Waals surface area contributed by atoms with E-state index in [1.54, 1.807) is 78.2 Å². The molecule has 0 radical (unpaired) electrons. The van der Waals surface area contributed by atoms with Gasteiger partial charge in [0.1, 0.15) is 12.2 Å². The quantitative estimate of drug-likeness (QED) is 0.0524. The molecule has 6 aromatic rings. The Bertz CT molecular complexity index is 3200. The summed E-state index contributed by atoms with van der Waals surface area (Å²) in [6, 6.07) is 29.1. The zero-order valence-electron chi connectivity index (χ0n) is 44.3. The third-order valence-electron chi connectivity index (χ3n) is 11.8. The van der Waals surface area contributed by atoms with Crippen LogP contribution in [-0.4, -0.2) is 94.4 Å². The number of ether oxygens (including phenoxy) is 2. The second kappa shape index (κ2) is 26.3. The number of carbonyl (C=O) groups is 3. The number of nitrogen functional groups attached to an aromatic ring is 1. The highest BCUT2D eigenvalue weighted by Gasteiger charge is 2.30. The molecule has 0 saturated carbocycles. The first-order valence-corrected chi connectivity index (χ1v) is 29.8. The maximum atomic E-state index is 13.3. The first-order chi connectivity index (χ1) is 36.4. The van der Waals surface area contributed by atoms with Gasteiger partial charge in [-0.1, -0.05) is 103 Å². The fraction of sp³-hybridized carbons (Fsp3) is 0.400. The summed E-state index contributed by atoms with van der Waals surface area (Å²) in [6.07, 6.45) is 4.86. The molecule has 8 rings (SSSR count). The molecule has 2 aliphatic heterocycles. The van der Waals surface area contributed by atoms with Gasteiger partial charge in [-0.2, -0.15) is 0 Å². The van der Waals surface area contributed by atoms with Crippen LogP contribution in [0.1, 0.15) is 92.7 Å². The smallest absolute Gasteiger partial charge is 0.407 e. The van der Waals surface area contributed by atoms with Crippen LogP contribution in [0.5, 0.6) is 0 Å². The van der Waals surface area contributed by atoms with E-state index in [-0.39, 0.29) is 35.3 Å². The number of nitrogens with one attached hydrogen (secondary N) is 5. The summed E-state index contributed by atoms with van der Waals surface area (Å²) in [4.78, 5) is 51.0. The Morgan fingerprint density at radius 3 is 1.41 bits per heavy atom. The van der Waals surface area contributed by atoms with Crippen LogP contribution in [0.3, 0.4) is 0 Å². The monoisotopic (exact) mass is 1140 g/mol. The second-order valence-electron chi connectivity index (χ2n) is 20.7. The van der Waals surface area contributed by atoms with Crippen LogP contribution >= 0.6 is 22.7 Å². The van der Waals surface area contributed by atoms with Gasteiger partial charge >= 0.3 is 12.2 Å². The van der Waals surface area contributed by atoms with Gasteiger partial charge in [-0.25, -0.2) is 45.8 Å². The third-order valence-corrected chi connectivity index (χ3v) is 17.6. The lowest BCUT2D eigenvalue weighted by atomic mass is 10.1. The highest BCUT2D eigenvalue weighted by atomic mass is 32.2. The van der Waals surface area contributed by atoms with Crippen molar-refractivity contribution in [2.24, 2.45) is 0 Å². The summed E-state index contributed by atoms with van der Waals surface area (Å²) in [5.74, 6) is -0.291. The first kappa shape index (κ1) is 60.6. The molecule has 0 bridgehead atoms. The van der Waals surface area contributed by atoms with Crippen molar-refractivity contribution in [2.45, 2.75) is 128 Å². The standard InChI is InChI=1S/C28H35N5O5S2.C26H33N5O4S2.CH4/c1-19(34)31-21-10-11-23(25(16-21)40(36,37)32-28(2,3)4)24-18-29-26(39-24)33-14-12-22(13-15-33)38-27(35)30-17-20-8-6-5-7-9-20;1-26(2,3)30-37(33,34)23-15-19(27)9-10-21(23)22-17-28-24(36-22)31-13-11-20(12-14-31)35-25(32)29-16-18-7-5-4-6-8-18;/h5-11,16,18,22,32H,12-15,17H2,1-4H3,(H,30,35)(H,31,34);4-10,15,17,20,30H,11-14,16,27H2,1-3H3,(H,29,32);1H4. The number of benzene rings is 4. The van der Waals surface area contributed by atoms with E-state index in [9.17, 15) is 31.2 Å². The lowest BCUT2D eigenvalue weighted by Gasteiger charge is -2.31. The topological polar surface area (TPSA) is 256 Å². The van der Waals surface area contributed by atoms with Crippen LogP contribution < -0.4 is 40.9 Å². The van der Waals surface area contributed by atoms with Crippen LogP contribution in [0.15, 0.2) is 119 Å². The minimum Gasteiger partial charge on any atom is -0.446 e. The third kappa shape index (κ3) is 17.7. The average molecular weight is 1150 g/mol. The zero-order chi connectivity index (χ0) is 55.5. The molecule has 23 heteroatoms. The molecular formula is C55H72N10O9S4. The van der Waals surface area contributed by atoms with Crippen molar-refractivity contribution in [3.63, 3.8) is 0 Å². The Balaban J connectivity index is 0.000000250. The van der Waals surface area contributed by atoms with Gasteiger partial charge in [0.25, 0.3) is 0 Å². The van der Waals surface area contributed by atoms with Crippen molar-refractivity contribution in [3.8, 4) is 20.9 Å². The molecule has 7 N–H and O–H groups in total. The molecule has 19 nitrogen and oxygen atoms in total. The highest BCUT2D eigenvalue weighted by molar-refractivity contribution is 7.90. The van der Waals surface area contributed by atoms with Gasteiger partial charge in [-0.05, 0) is 76.9 Å². The number of thiazole rings is 2. The van der Waals surface area contributed by atoms with E-state index in [1.807, 2.05) is 60.7 Å². The van der Waals surface area contributed by atoms with Crippen LogP contribution in [0, 0.1) is 0 Å². The summed E-state index contributed by atoms with van der Waals surface area (Å²) in [5.41, 5.74) is 8.45. The lowest BCUT2D eigenvalue weighted by molar-refractivity contribution is -0.114. The van der Waals surface area contributed by atoms with Gasteiger partial charge in [0.15, 0.2) is 10.3 Å². The number of alkyl carbamates (subject to hydrolysis) is 2. The molecule has 4 heterocycles. The number of sulfonamides is 2. The molecule has 0 atom stereocenters. The van der Waals surface area contributed by atoms with Gasteiger partial charge in [-0.15, -0.1) is 0 Å².